The fraction of sp³-hybridized carbons (Fsp3) is 0.167. The van der Waals surface area contributed by atoms with Crippen molar-refractivity contribution in [2.75, 3.05) is 12.4 Å². The van der Waals surface area contributed by atoms with Gasteiger partial charge in [-0.3, -0.25) is 4.79 Å². The van der Waals surface area contributed by atoms with Crippen molar-refractivity contribution >= 4 is 17.7 Å². The van der Waals surface area contributed by atoms with Crippen LogP contribution in [-0.4, -0.2) is 19.6 Å². The van der Waals surface area contributed by atoms with E-state index in [0.29, 0.717) is 5.75 Å². The molecular weight excluding hydrogens is 316 g/mol. The average Bonchev–Trinajstić information content (AvgIpc) is 2.55. The number of nitrogens with one attached hydrogen (secondary N) is 1. The summed E-state index contributed by atoms with van der Waals surface area (Å²) in [6.45, 7) is -1.18. The molecule has 0 heterocycles. The Morgan fingerprint density at radius 3 is 2.62 bits per heavy atom. The lowest BCUT2D eigenvalue weighted by molar-refractivity contribution is -0.111. The molecule has 0 aliphatic carbocycles. The summed E-state index contributed by atoms with van der Waals surface area (Å²) < 4.78 is 34.5. The molecule has 2 aromatic rings. The van der Waals surface area contributed by atoms with Crippen molar-refractivity contribution in [3.05, 3.63) is 59.7 Å². The lowest BCUT2D eigenvalue weighted by Crippen LogP contribution is -2.11. The molecular formula is C18H17F2NO3. The van der Waals surface area contributed by atoms with Gasteiger partial charge in [-0.2, -0.15) is 8.78 Å². The first-order valence-electron chi connectivity index (χ1n) is 7.17. The third-order valence-electron chi connectivity index (χ3n) is 3.16. The monoisotopic (exact) mass is 333 g/mol. The zero-order chi connectivity index (χ0) is 17.5. The molecule has 0 unspecified atom stereocenters. The number of carbonyl (C=O) groups excluding carboxylic acids is 1. The van der Waals surface area contributed by atoms with E-state index < -0.39 is 12.5 Å². The summed E-state index contributed by atoms with van der Waals surface area (Å²) in [5, 5.41) is 2.54. The van der Waals surface area contributed by atoms with E-state index in [9.17, 15) is 13.6 Å². The molecule has 6 heteroatoms. The number of para-hydroxylation sites is 1. The molecule has 24 heavy (non-hydrogen) atoms. The number of hydrogen-bond acceptors (Lipinski definition) is 3. The van der Waals surface area contributed by atoms with E-state index in [1.807, 2.05) is 12.1 Å². The van der Waals surface area contributed by atoms with E-state index in [1.165, 1.54) is 19.3 Å². The molecule has 0 saturated heterocycles. The van der Waals surface area contributed by atoms with Gasteiger partial charge in [-0.25, -0.2) is 0 Å². The van der Waals surface area contributed by atoms with Crippen molar-refractivity contribution < 1.29 is 23.0 Å². The van der Waals surface area contributed by atoms with Crippen LogP contribution in [0.15, 0.2) is 48.5 Å². The number of carbonyl (C=O) groups is 1. The number of hydrogen-bond donors (Lipinski definition) is 1. The zero-order valence-electron chi connectivity index (χ0n) is 13.3. The third-order valence-corrected chi connectivity index (χ3v) is 3.16. The Kier molecular flexibility index (Phi) is 5.89. The van der Waals surface area contributed by atoms with Crippen molar-refractivity contribution in [3.63, 3.8) is 0 Å². The first-order valence-corrected chi connectivity index (χ1v) is 7.17. The van der Waals surface area contributed by atoms with Crippen LogP contribution in [0.5, 0.6) is 11.5 Å². The SMILES string of the molecule is COc1ccccc1C=CC(=O)Nc1cc(C)ccc1OC(F)F. The minimum atomic E-state index is -2.97. The average molecular weight is 333 g/mol. The molecule has 2 aromatic carbocycles. The lowest BCUT2D eigenvalue weighted by Gasteiger charge is -2.11. The van der Waals surface area contributed by atoms with Crippen LogP contribution >= 0.6 is 0 Å². The predicted octanol–water partition coefficient (Wildman–Crippen LogP) is 4.26. The minimum Gasteiger partial charge on any atom is -0.496 e. The second-order valence-electron chi connectivity index (χ2n) is 4.94. The van der Waals surface area contributed by atoms with Gasteiger partial charge in [0, 0.05) is 11.6 Å². The maximum Gasteiger partial charge on any atom is 0.387 e. The van der Waals surface area contributed by atoms with Crippen LogP contribution in [0, 0.1) is 6.92 Å². The van der Waals surface area contributed by atoms with Gasteiger partial charge in [0.05, 0.1) is 12.8 Å². The predicted molar refractivity (Wildman–Crippen MR) is 88.5 cm³/mol. The normalized spacial score (nSPS) is 10.9. The number of halogens is 2. The van der Waals surface area contributed by atoms with Crippen LogP contribution in [0.1, 0.15) is 11.1 Å². The number of benzene rings is 2. The molecule has 0 bridgehead atoms. The molecule has 4 nitrogen and oxygen atoms in total. The molecule has 0 spiro atoms. The quantitative estimate of drug-likeness (QED) is 0.804. The van der Waals surface area contributed by atoms with E-state index in [2.05, 4.69) is 10.1 Å². The molecule has 1 N–H and O–H groups in total. The topological polar surface area (TPSA) is 47.6 Å². The number of amides is 1. The number of alkyl halides is 2. The fourth-order valence-electron chi connectivity index (χ4n) is 2.08. The Labute approximate surface area is 138 Å². The second kappa shape index (κ2) is 8.10. The molecule has 0 aliphatic heterocycles. The highest BCUT2D eigenvalue weighted by Gasteiger charge is 2.11. The Bertz CT molecular complexity index is 745. The summed E-state index contributed by atoms with van der Waals surface area (Å²) in [4.78, 5) is 12.1. The highest BCUT2D eigenvalue weighted by molar-refractivity contribution is 6.03. The molecule has 0 aromatic heterocycles. The standard InChI is InChI=1S/C18H17F2NO3/c1-12-7-9-16(24-18(19)20)14(11-12)21-17(22)10-8-13-5-3-4-6-15(13)23-2/h3-11,18H,1-2H3,(H,21,22). The largest absolute Gasteiger partial charge is 0.496 e. The van der Waals surface area contributed by atoms with Crippen molar-refractivity contribution in [1.82, 2.24) is 0 Å². The van der Waals surface area contributed by atoms with E-state index in [-0.39, 0.29) is 11.4 Å². The van der Waals surface area contributed by atoms with Crippen LogP contribution in [-0.2, 0) is 4.79 Å². The summed E-state index contributed by atoms with van der Waals surface area (Å²) in [7, 11) is 1.54. The molecule has 0 aliphatic rings. The zero-order valence-corrected chi connectivity index (χ0v) is 13.3. The molecule has 0 fully saturated rings. The van der Waals surface area contributed by atoms with Gasteiger partial charge < -0.3 is 14.8 Å². The highest BCUT2D eigenvalue weighted by Crippen LogP contribution is 2.27. The number of anilines is 1. The van der Waals surface area contributed by atoms with Gasteiger partial charge in [-0.05, 0) is 36.8 Å². The van der Waals surface area contributed by atoms with Crippen LogP contribution < -0.4 is 14.8 Å². The summed E-state index contributed by atoms with van der Waals surface area (Å²) in [6, 6.07) is 11.8. The highest BCUT2D eigenvalue weighted by atomic mass is 19.3. The van der Waals surface area contributed by atoms with E-state index in [1.54, 1.807) is 37.3 Å². The molecule has 126 valence electrons. The van der Waals surface area contributed by atoms with Crippen LogP contribution in [0.25, 0.3) is 6.08 Å². The van der Waals surface area contributed by atoms with Gasteiger partial charge in [0.15, 0.2) is 0 Å². The smallest absolute Gasteiger partial charge is 0.387 e. The summed E-state index contributed by atoms with van der Waals surface area (Å²) in [6.07, 6.45) is 2.88. The first-order chi connectivity index (χ1) is 11.5. The van der Waals surface area contributed by atoms with Gasteiger partial charge in [0.1, 0.15) is 11.5 Å². The van der Waals surface area contributed by atoms with E-state index in [4.69, 9.17) is 4.74 Å². The first kappa shape index (κ1) is 17.5. The van der Waals surface area contributed by atoms with Crippen molar-refractivity contribution in [3.8, 4) is 11.5 Å². The van der Waals surface area contributed by atoms with Gasteiger partial charge in [-0.15, -0.1) is 0 Å². The number of aryl methyl sites for hydroxylation is 1. The molecule has 0 saturated carbocycles. The lowest BCUT2D eigenvalue weighted by atomic mass is 10.2. The van der Waals surface area contributed by atoms with Gasteiger partial charge in [0.2, 0.25) is 5.91 Å². The minimum absolute atomic E-state index is 0.0883. The van der Waals surface area contributed by atoms with Gasteiger partial charge in [0.25, 0.3) is 0 Å². The van der Waals surface area contributed by atoms with Gasteiger partial charge in [-0.1, -0.05) is 24.3 Å². The number of rotatable bonds is 6. The van der Waals surface area contributed by atoms with E-state index >= 15 is 0 Å². The molecule has 2 rings (SSSR count). The maximum atomic E-state index is 12.4. The third kappa shape index (κ3) is 4.81. The number of methoxy groups -OCH3 is 1. The summed E-state index contributed by atoms with van der Waals surface area (Å²) >= 11 is 0. The van der Waals surface area contributed by atoms with Crippen molar-refractivity contribution in [1.29, 1.82) is 0 Å². The summed E-state index contributed by atoms with van der Waals surface area (Å²) in [5.74, 6) is 0.0686. The fourth-order valence-corrected chi connectivity index (χ4v) is 2.08. The molecule has 0 atom stereocenters. The Morgan fingerprint density at radius 2 is 1.92 bits per heavy atom. The van der Waals surface area contributed by atoms with Crippen molar-refractivity contribution in [2.24, 2.45) is 0 Å². The molecule has 1 amide bonds. The molecule has 0 radical (unpaired) electrons. The van der Waals surface area contributed by atoms with Crippen LogP contribution in [0.2, 0.25) is 0 Å². The maximum absolute atomic E-state index is 12.4. The van der Waals surface area contributed by atoms with E-state index in [0.717, 1.165) is 11.1 Å². The van der Waals surface area contributed by atoms with Crippen molar-refractivity contribution in [2.45, 2.75) is 13.5 Å². The van der Waals surface area contributed by atoms with Crippen LogP contribution in [0.3, 0.4) is 0 Å². The Morgan fingerprint density at radius 1 is 1.17 bits per heavy atom. The second-order valence-corrected chi connectivity index (χ2v) is 4.94. The van der Waals surface area contributed by atoms with Gasteiger partial charge >= 0.3 is 6.61 Å². The Hall–Kier alpha value is -2.89. The van der Waals surface area contributed by atoms with Crippen LogP contribution in [0.4, 0.5) is 14.5 Å². The summed E-state index contributed by atoms with van der Waals surface area (Å²) in [5.41, 5.74) is 1.72. The Balaban J connectivity index is 2.15. The number of ether oxygens (including phenoxy) is 2.